The summed E-state index contributed by atoms with van der Waals surface area (Å²) < 4.78 is 5.95. The van der Waals surface area contributed by atoms with E-state index in [-0.39, 0.29) is 0 Å². The van der Waals surface area contributed by atoms with E-state index in [0.29, 0.717) is 0 Å². The van der Waals surface area contributed by atoms with Crippen LogP contribution in [0.2, 0.25) is 0 Å². The van der Waals surface area contributed by atoms with Crippen molar-refractivity contribution < 1.29 is 4.42 Å². The molecule has 0 fully saturated rings. The molecule has 0 bridgehead atoms. The summed E-state index contributed by atoms with van der Waals surface area (Å²) in [5.41, 5.74) is 5.72. The third-order valence-corrected chi connectivity index (χ3v) is 4.20. The van der Waals surface area contributed by atoms with Gasteiger partial charge in [0.2, 0.25) is 0 Å². The van der Waals surface area contributed by atoms with E-state index in [0.717, 1.165) is 44.8 Å². The summed E-state index contributed by atoms with van der Waals surface area (Å²) in [6.45, 7) is 2.07. The molecule has 5 aromatic rings. The van der Waals surface area contributed by atoms with Crippen LogP contribution in [0.1, 0.15) is 5.56 Å². The first-order valence-corrected chi connectivity index (χ1v) is 7.77. The van der Waals surface area contributed by atoms with Gasteiger partial charge in [0.1, 0.15) is 17.1 Å². The number of furan rings is 1. The monoisotopic (exact) mass is 314 g/mol. The Morgan fingerprint density at radius 1 is 1.04 bits per heavy atom. The molecule has 0 unspecified atom stereocenters. The molecule has 5 heteroatoms. The normalized spacial score (nSPS) is 11.5. The highest BCUT2D eigenvalue weighted by Crippen LogP contribution is 2.33. The number of fused-ring (bicyclic) bond motifs is 2. The number of aromatic nitrogens is 4. The largest absolute Gasteiger partial charge is 0.454 e. The molecule has 0 aliphatic heterocycles. The van der Waals surface area contributed by atoms with Crippen LogP contribution in [0.4, 0.5) is 0 Å². The summed E-state index contributed by atoms with van der Waals surface area (Å²) in [6.07, 6.45) is 1.77. The third kappa shape index (κ3) is 1.95. The average molecular weight is 314 g/mol. The molecule has 0 atom stereocenters. The number of imidazole rings is 1. The quantitative estimate of drug-likeness (QED) is 0.497. The van der Waals surface area contributed by atoms with Crippen molar-refractivity contribution in [1.29, 1.82) is 0 Å². The van der Waals surface area contributed by atoms with E-state index >= 15 is 0 Å². The van der Waals surface area contributed by atoms with E-state index < -0.39 is 0 Å². The number of hydrogen-bond donors (Lipinski definition) is 2. The zero-order valence-electron chi connectivity index (χ0n) is 13.0. The number of rotatable bonds is 2. The van der Waals surface area contributed by atoms with E-state index in [9.17, 15) is 0 Å². The Morgan fingerprint density at radius 3 is 2.88 bits per heavy atom. The van der Waals surface area contributed by atoms with Crippen LogP contribution >= 0.6 is 0 Å². The zero-order chi connectivity index (χ0) is 16.1. The topological polar surface area (TPSA) is 70.5 Å². The van der Waals surface area contributed by atoms with E-state index in [1.54, 1.807) is 6.20 Å². The van der Waals surface area contributed by atoms with E-state index in [4.69, 9.17) is 4.42 Å². The second kappa shape index (κ2) is 4.83. The van der Waals surface area contributed by atoms with Crippen molar-refractivity contribution in [3.63, 3.8) is 0 Å². The van der Waals surface area contributed by atoms with Crippen molar-refractivity contribution in [3.05, 3.63) is 60.3 Å². The number of para-hydroxylation sites is 1. The Bertz CT molecular complexity index is 1150. The molecule has 0 aliphatic carbocycles. The van der Waals surface area contributed by atoms with Gasteiger partial charge in [0.25, 0.3) is 0 Å². The van der Waals surface area contributed by atoms with Crippen LogP contribution in [-0.4, -0.2) is 20.2 Å². The van der Waals surface area contributed by atoms with Crippen molar-refractivity contribution in [2.24, 2.45) is 0 Å². The van der Waals surface area contributed by atoms with Crippen molar-refractivity contribution in [3.8, 4) is 22.8 Å². The lowest BCUT2D eigenvalue weighted by atomic mass is 10.2. The molecule has 3 aromatic heterocycles. The van der Waals surface area contributed by atoms with E-state index in [1.165, 1.54) is 5.56 Å². The lowest BCUT2D eigenvalue weighted by Gasteiger charge is -1.96. The molecule has 2 aromatic carbocycles. The highest BCUT2D eigenvalue weighted by Gasteiger charge is 2.17. The molecule has 0 amide bonds. The molecule has 0 saturated carbocycles. The first kappa shape index (κ1) is 13.1. The Labute approximate surface area is 137 Å². The van der Waals surface area contributed by atoms with Crippen LogP contribution in [0.25, 0.3) is 44.8 Å². The maximum Gasteiger partial charge on any atom is 0.153 e. The summed E-state index contributed by atoms with van der Waals surface area (Å²) in [4.78, 5) is 8.05. The van der Waals surface area contributed by atoms with Crippen molar-refractivity contribution >= 4 is 22.0 Å². The number of H-pyrrole nitrogens is 2. The van der Waals surface area contributed by atoms with Gasteiger partial charge in [0, 0.05) is 5.39 Å². The number of nitrogens with zero attached hydrogens (tertiary/aromatic N) is 2. The average Bonchev–Trinajstić information content (AvgIpc) is 3.30. The van der Waals surface area contributed by atoms with E-state index in [1.807, 2.05) is 36.4 Å². The van der Waals surface area contributed by atoms with Gasteiger partial charge in [-0.15, -0.1) is 0 Å². The van der Waals surface area contributed by atoms with Gasteiger partial charge in [-0.25, -0.2) is 4.98 Å². The minimum atomic E-state index is 0.750. The van der Waals surface area contributed by atoms with Crippen LogP contribution < -0.4 is 0 Å². The molecule has 0 saturated heterocycles. The fraction of sp³-hybridized carbons (Fsp3) is 0.0526. The highest BCUT2D eigenvalue weighted by molar-refractivity contribution is 5.87. The van der Waals surface area contributed by atoms with Crippen LogP contribution in [-0.2, 0) is 0 Å². The van der Waals surface area contributed by atoms with Gasteiger partial charge in [0.05, 0.1) is 22.8 Å². The summed E-state index contributed by atoms with van der Waals surface area (Å²) >= 11 is 0. The molecule has 116 valence electrons. The predicted octanol–water partition coefficient (Wildman–Crippen LogP) is 4.67. The Morgan fingerprint density at radius 2 is 1.96 bits per heavy atom. The van der Waals surface area contributed by atoms with Crippen molar-refractivity contribution in [2.75, 3.05) is 0 Å². The van der Waals surface area contributed by atoms with Crippen LogP contribution in [0.3, 0.4) is 0 Å². The summed E-state index contributed by atoms with van der Waals surface area (Å²) in [5.74, 6) is 1.53. The maximum absolute atomic E-state index is 5.95. The van der Waals surface area contributed by atoms with Crippen LogP contribution in [0.5, 0.6) is 0 Å². The second-order valence-corrected chi connectivity index (χ2v) is 5.91. The molecular formula is C19H14N4O. The number of aryl methyl sites for hydroxylation is 1. The van der Waals surface area contributed by atoms with Gasteiger partial charge in [-0.2, -0.15) is 5.10 Å². The van der Waals surface area contributed by atoms with Crippen molar-refractivity contribution in [1.82, 2.24) is 20.2 Å². The minimum Gasteiger partial charge on any atom is -0.454 e. The van der Waals surface area contributed by atoms with Gasteiger partial charge < -0.3 is 9.40 Å². The molecular weight excluding hydrogens is 300 g/mol. The van der Waals surface area contributed by atoms with Crippen LogP contribution in [0.15, 0.2) is 59.1 Å². The zero-order valence-corrected chi connectivity index (χ0v) is 13.0. The van der Waals surface area contributed by atoms with Gasteiger partial charge in [0.15, 0.2) is 5.76 Å². The first-order valence-electron chi connectivity index (χ1n) is 7.77. The first-order chi connectivity index (χ1) is 11.8. The summed E-state index contributed by atoms with van der Waals surface area (Å²) in [5, 5.41) is 8.28. The fourth-order valence-electron chi connectivity index (χ4n) is 3.01. The molecule has 2 N–H and O–H groups in total. The molecule has 5 nitrogen and oxygen atoms in total. The van der Waals surface area contributed by atoms with Gasteiger partial charge in [-0.1, -0.05) is 24.3 Å². The maximum atomic E-state index is 5.95. The van der Waals surface area contributed by atoms with Gasteiger partial charge in [-0.05, 0) is 36.8 Å². The highest BCUT2D eigenvalue weighted by atomic mass is 16.3. The Kier molecular flexibility index (Phi) is 2.64. The standard InChI is InChI=1S/C19H14N4O/c1-11-6-7-14-15(8-11)22-19(21-14)13-10-20-23-18(13)17-9-12-4-2-3-5-16(12)24-17/h2-10H,1H3,(H,20,23)(H,21,22). The predicted molar refractivity (Wildman–Crippen MR) is 93.6 cm³/mol. The molecule has 5 rings (SSSR count). The number of aromatic amines is 2. The summed E-state index contributed by atoms with van der Waals surface area (Å²) in [7, 11) is 0. The molecule has 0 radical (unpaired) electrons. The lowest BCUT2D eigenvalue weighted by molar-refractivity contribution is 0.628. The lowest BCUT2D eigenvalue weighted by Crippen LogP contribution is -1.82. The Hall–Kier alpha value is -3.34. The van der Waals surface area contributed by atoms with Gasteiger partial charge >= 0.3 is 0 Å². The van der Waals surface area contributed by atoms with E-state index in [2.05, 4.69) is 39.2 Å². The minimum absolute atomic E-state index is 0.750. The molecule has 3 heterocycles. The third-order valence-electron chi connectivity index (χ3n) is 4.20. The smallest absolute Gasteiger partial charge is 0.153 e. The SMILES string of the molecule is Cc1ccc2nc(-c3cn[nH]c3-c3cc4ccccc4o3)[nH]c2c1. The fourth-order valence-corrected chi connectivity index (χ4v) is 3.01. The van der Waals surface area contributed by atoms with Gasteiger partial charge in [-0.3, -0.25) is 5.10 Å². The summed E-state index contributed by atoms with van der Waals surface area (Å²) in [6, 6.07) is 16.1. The van der Waals surface area contributed by atoms with Crippen LogP contribution in [0, 0.1) is 6.92 Å². The number of nitrogens with one attached hydrogen (secondary N) is 2. The number of benzene rings is 2. The molecule has 24 heavy (non-hydrogen) atoms. The molecule has 0 spiro atoms. The van der Waals surface area contributed by atoms with Crippen molar-refractivity contribution in [2.45, 2.75) is 6.92 Å². The number of hydrogen-bond acceptors (Lipinski definition) is 3. The second-order valence-electron chi connectivity index (χ2n) is 5.91. The Balaban J connectivity index is 1.68. The molecule has 0 aliphatic rings.